The molecule has 1 saturated carbocycles. The van der Waals surface area contributed by atoms with Crippen LogP contribution in [0, 0.1) is 11.8 Å². The highest BCUT2D eigenvalue weighted by molar-refractivity contribution is 5.86. The molecule has 3 N–H and O–H groups in total. The smallest absolute Gasteiger partial charge is 0.408 e. The van der Waals surface area contributed by atoms with Gasteiger partial charge in [-0.05, 0) is 61.7 Å². The Balaban J connectivity index is 1.46. The lowest BCUT2D eigenvalue weighted by molar-refractivity contribution is -0.127. The van der Waals surface area contributed by atoms with Gasteiger partial charge in [0.1, 0.15) is 6.04 Å². The van der Waals surface area contributed by atoms with Crippen molar-refractivity contribution in [3.8, 4) is 0 Å². The average molecular weight is 470 g/mol. The van der Waals surface area contributed by atoms with Crippen LogP contribution in [-0.2, 0) is 17.8 Å². The van der Waals surface area contributed by atoms with Crippen molar-refractivity contribution in [1.29, 1.82) is 0 Å². The maximum atomic E-state index is 13.5. The van der Waals surface area contributed by atoms with E-state index in [0.717, 1.165) is 49.4 Å². The molecule has 4 unspecified atom stereocenters. The Bertz CT molecular complexity index is 814. The molecule has 3 aliphatic rings. The molecule has 0 radical (unpaired) electrons. The quantitative estimate of drug-likeness (QED) is 0.562. The SMILES string of the molecule is O=C(NC1CCCCCCCCCCC2CCC1CNC2)C1Cc2ccccc2CN1C(=O)O. The number of carboxylic acid groups (broad SMARTS) is 1. The summed E-state index contributed by atoms with van der Waals surface area (Å²) in [6, 6.07) is 7.34. The molecule has 1 aromatic carbocycles. The van der Waals surface area contributed by atoms with Crippen molar-refractivity contribution in [2.24, 2.45) is 11.8 Å². The molecule has 2 fully saturated rings. The Morgan fingerprint density at radius 3 is 2.26 bits per heavy atom. The second kappa shape index (κ2) is 12.6. The van der Waals surface area contributed by atoms with Gasteiger partial charge in [-0.1, -0.05) is 75.6 Å². The van der Waals surface area contributed by atoms with E-state index in [4.69, 9.17) is 0 Å². The van der Waals surface area contributed by atoms with E-state index in [9.17, 15) is 14.7 Å². The van der Waals surface area contributed by atoms with Gasteiger partial charge in [0, 0.05) is 12.5 Å². The average Bonchev–Trinajstić information content (AvgIpc) is 3.08. The van der Waals surface area contributed by atoms with Gasteiger partial charge in [0.2, 0.25) is 5.91 Å². The maximum Gasteiger partial charge on any atom is 0.408 e. The normalized spacial score (nSPS) is 29.2. The van der Waals surface area contributed by atoms with Crippen LogP contribution in [0.4, 0.5) is 4.79 Å². The van der Waals surface area contributed by atoms with Gasteiger partial charge in [0.05, 0.1) is 6.54 Å². The molecular formula is C28H43N3O3. The lowest BCUT2D eigenvalue weighted by atomic mass is 9.87. The Hall–Kier alpha value is -2.08. The summed E-state index contributed by atoms with van der Waals surface area (Å²) in [5.74, 6) is 1.03. The highest BCUT2D eigenvalue weighted by atomic mass is 16.4. The minimum absolute atomic E-state index is 0.108. The van der Waals surface area contributed by atoms with Gasteiger partial charge < -0.3 is 15.7 Å². The van der Waals surface area contributed by atoms with Crippen molar-refractivity contribution < 1.29 is 14.7 Å². The van der Waals surface area contributed by atoms with Crippen molar-refractivity contribution in [3.63, 3.8) is 0 Å². The van der Waals surface area contributed by atoms with Gasteiger partial charge in [0.25, 0.3) is 0 Å². The Labute approximate surface area is 204 Å². The fourth-order valence-electron chi connectivity index (χ4n) is 6.24. The number of rotatable bonds is 2. The zero-order chi connectivity index (χ0) is 23.8. The zero-order valence-electron chi connectivity index (χ0n) is 20.6. The number of fused-ring (bicyclic) bond motifs is 4. The summed E-state index contributed by atoms with van der Waals surface area (Å²) in [4.78, 5) is 26.9. The van der Waals surface area contributed by atoms with Gasteiger partial charge in [-0.2, -0.15) is 0 Å². The summed E-state index contributed by atoms with van der Waals surface area (Å²) >= 11 is 0. The molecule has 0 spiro atoms. The number of nitrogens with zero attached hydrogens (tertiary/aromatic N) is 1. The van der Waals surface area contributed by atoms with Crippen molar-refractivity contribution in [2.75, 3.05) is 13.1 Å². The Morgan fingerprint density at radius 1 is 0.853 bits per heavy atom. The fraction of sp³-hybridized carbons (Fsp3) is 0.714. The van der Waals surface area contributed by atoms with Crippen molar-refractivity contribution in [3.05, 3.63) is 35.4 Å². The van der Waals surface area contributed by atoms with E-state index in [1.807, 2.05) is 24.3 Å². The van der Waals surface area contributed by atoms with Crippen LogP contribution in [0.1, 0.15) is 88.2 Å². The number of carbonyl (C=O) groups is 2. The first kappa shape index (κ1) is 25.0. The molecule has 2 bridgehead atoms. The van der Waals surface area contributed by atoms with E-state index in [2.05, 4.69) is 10.6 Å². The first-order chi connectivity index (χ1) is 16.6. The molecule has 1 saturated heterocycles. The monoisotopic (exact) mass is 469 g/mol. The second-order valence-electron chi connectivity index (χ2n) is 10.8. The summed E-state index contributed by atoms with van der Waals surface area (Å²) in [7, 11) is 0. The molecule has 2 heterocycles. The molecule has 34 heavy (non-hydrogen) atoms. The van der Waals surface area contributed by atoms with Gasteiger partial charge in [-0.25, -0.2) is 4.79 Å². The Kier molecular flexibility index (Phi) is 9.25. The van der Waals surface area contributed by atoms with Crippen molar-refractivity contribution in [1.82, 2.24) is 15.5 Å². The number of hydrogen-bond donors (Lipinski definition) is 3. The first-order valence-corrected chi connectivity index (χ1v) is 13.7. The molecule has 4 rings (SSSR count). The van der Waals surface area contributed by atoms with Crippen LogP contribution < -0.4 is 10.6 Å². The largest absolute Gasteiger partial charge is 0.465 e. The Morgan fingerprint density at radius 2 is 1.53 bits per heavy atom. The highest BCUT2D eigenvalue weighted by Gasteiger charge is 2.36. The molecule has 4 atom stereocenters. The van der Waals surface area contributed by atoms with E-state index in [1.165, 1.54) is 62.7 Å². The standard InChI is InChI=1S/C28H43N3O3/c32-27(26-17-22-12-9-10-13-24(22)20-31(26)28(33)34)30-25-14-8-6-4-2-1-3-5-7-11-21-15-16-23(25)19-29-18-21/h9-10,12-13,21,23,25-26,29H,1-8,11,14-20H2,(H,30,32)(H,33,34). The second-order valence-corrected chi connectivity index (χ2v) is 10.8. The molecule has 6 nitrogen and oxygen atoms in total. The van der Waals surface area contributed by atoms with Crippen LogP contribution in [-0.4, -0.2) is 47.2 Å². The van der Waals surface area contributed by atoms with Crippen LogP contribution >= 0.6 is 0 Å². The zero-order valence-corrected chi connectivity index (χ0v) is 20.6. The number of hydrogen-bond acceptors (Lipinski definition) is 3. The lowest BCUT2D eigenvalue weighted by Crippen LogP contribution is -2.55. The number of amides is 2. The van der Waals surface area contributed by atoms with E-state index in [0.29, 0.717) is 12.3 Å². The number of nitrogens with one attached hydrogen (secondary N) is 2. The van der Waals surface area contributed by atoms with E-state index < -0.39 is 12.1 Å². The summed E-state index contributed by atoms with van der Waals surface area (Å²) in [6.07, 6.45) is 14.4. The molecule has 0 aromatic heterocycles. The predicted molar refractivity (Wildman–Crippen MR) is 135 cm³/mol. The number of carbonyl (C=O) groups excluding carboxylic acids is 1. The third kappa shape index (κ3) is 6.74. The summed E-state index contributed by atoms with van der Waals surface area (Å²) in [5.41, 5.74) is 2.09. The van der Waals surface area contributed by atoms with Crippen LogP contribution in [0.25, 0.3) is 0 Å². The molecule has 1 aliphatic carbocycles. The third-order valence-corrected chi connectivity index (χ3v) is 8.36. The molecule has 6 heteroatoms. The minimum atomic E-state index is -1.02. The van der Waals surface area contributed by atoms with Gasteiger partial charge in [-0.15, -0.1) is 0 Å². The molecule has 2 amide bonds. The topological polar surface area (TPSA) is 81.7 Å². The van der Waals surface area contributed by atoms with Crippen LogP contribution in [0.15, 0.2) is 24.3 Å². The summed E-state index contributed by atoms with van der Waals surface area (Å²) in [6.45, 7) is 2.31. The van der Waals surface area contributed by atoms with Crippen LogP contribution in [0.3, 0.4) is 0 Å². The minimum Gasteiger partial charge on any atom is -0.465 e. The first-order valence-electron chi connectivity index (χ1n) is 13.7. The van der Waals surface area contributed by atoms with Crippen molar-refractivity contribution >= 4 is 12.0 Å². The maximum absolute atomic E-state index is 13.5. The summed E-state index contributed by atoms with van der Waals surface area (Å²) < 4.78 is 0. The molecule has 1 aromatic rings. The molecule has 188 valence electrons. The van der Waals surface area contributed by atoms with Crippen LogP contribution in [0.2, 0.25) is 0 Å². The highest BCUT2D eigenvalue weighted by Crippen LogP contribution is 2.28. The fourth-order valence-corrected chi connectivity index (χ4v) is 6.24. The van der Waals surface area contributed by atoms with Gasteiger partial charge in [-0.3, -0.25) is 9.69 Å². The van der Waals surface area contributed by atoms with E-state index >= 15 is 0 Å². The lowest BCUT2D eigenvalue weighted by Gasteiger charge is -2.36. The predicted octanol–water partition coefficient (Wildman–Crippen LogP) is 5.11. The number of benzene rings is 1. The molecule has 2 aliphatic heterocycles. The third-order valence-electron chi connectivity index (χ3n) is 8.36. The van der Waals surface area contributed by atoms with Crippen molar-refractivity contribution in [2.45, 2.75) is 102 Å². The van der Waals surface area contributed by atoms with E-state index in [1.54, 1.807) is 0 Å². The molecular weight excluding hydrogens is 426 g/mol. The van der Waals surface area contributed by atoms with Gasteiger partial charge in [0.15, 0.2) is 0 Å². The van der Waals surface area contributed by atoms with E-state index in [-0.39, 0.29) is 18.5 Å². The van der Waals surface area contributed by atoms with Gasteiger partial charge >= 0.3 is 6.09 Å². The van der Waals surface area contributed by atoms with Crippen LogP contribution in [0.5, 0.6) is 0 Å². The summed E-state index contributed by atoms with van der Waals surface area (Å²) in [5, 5.41) is 16.9.